The number of amides is 1. The Morgan fingerprint density at radius 1 is 1.44 bits per heavy atom. The average Bonchev–Trinajstić information content (AvgIpc) is 2.30. The minimum absolute atomic E-state index is 0.191. The van der Waals surface area contributed by atoms with Gasteiger partial charge in [0, 0.05) is 13.7 Å². The van der Waals surface area contributed by atoms with Crippen LogP contribution in [0.5, 0.6) is 0 Å². The predicted octanol–water partition coefficient (Wildman–Crippen LogP) is 0.871. The molecule has 4 heteroatoms. The van der Waals surface area contributed by atoms with Crippen molar-refractivity contribution < 1.29 is 14.6 Å². The molecule has 0 aliphatic rings. The van der Waals surface area contributed by atoms with E-state index in [2.05, 4.69) is 5.32 Å². The molecule has 1 amide bonds. The van der Waals surface area contributed by atoms with Gasteiger partial charge in [0.1, 0.15) is 6.10 Å². The molecule has 0 saturated heterocycles. The smallest absolute Gasteiger partial charge is 0.248 e. The van der Waals surface area contributed by atoms with Crippen molar-refractivity contribution in [2.24, 2.45) is 0 Å². The van der Waals surface area contributed by atoms with E-state index >= 15 is 0 Å². The lowest BCUT2D eigenvalue weighted by Crippen LogP contribution is -2.35. The lowest BCUT2D eigenvalue weighted by Gasteiger charge is -2.17. The summed E-state index contributed by atoms with van der Waals surface area (Å²) in [4.78, 5) is 11.2. The van der Waals surface area contributed by atoms with Gasteiger partial charge >= 0.3 is 0 Å². The number of carbonyl (C=O) groups is 1. The van der Waals surface area contributed by atoms with Crippen LogP contribution in [0.4, 0.5) is 0 Å². The van der Waals surface area contributed by atoms with Crippen LogP contribution in [-0.4, -0.2) is 30.8 Å². The van der Waals surface area contributed by atoms with Crippen molar-refractivity contribution in [3.8, 4) is 0 Å². The summed E-state index contributed by atoms with van der Waals surface area (Å²) in [7, 11) is 1.59. The molecule has 2 atom stereocenters. The van der Waals surface area contributed by atoms with E-state index in [-0.39, 0.29) is 6.10 Å². The van der Waals surface area contributed by atoms with Crippen LogP contribution >= 0.6 is 0 Å². The Hall–Kier alpha value is -1.39. The molecule has 0 saturated carbocycles. The molecule has 0 aliphatic heterocycles. The summed E-state index contributed by atoms with van der Waals surface area (Å²) in [6.45, 7) is 1.78. The first-order valence-corrected chi connectivity index (χ1v) is 5.18. The quantitative estimate of drug-likeness (QED) is 0.778. The zero-order valence-electron chi connectivity index (χ0n) is 9.51. The number of methoxy groups -OCH3 is 1. The molecular weight excluding hydrogens is 206 g/mol. The van der Waals surface area contributed by atoms with Gasteiger partial charge in [-0.25, -0.2) is 0 Å². The lowest BCUT2D eigenvalue weighted by molar-refractivity contribution is -0.129. The topological polar surface area (TPSA) is 58.6 Å². The van der Waals surface area contributed by atoms with E-state index in [1.165, 1.54) is 6.92 Å². The molecule has 1 rings (SSSR count). The molecule has 0 spiro atoms. The Labute approximate surface area is 95.2 Å². The summed E-state index contributed by atoms with van der Waals surface area (Å²) in [5.41, 5.74) is 0.996. The number of aliphatic hydroxyl groups excluding tert-OH is 1. The van der Waals surface area contributed by atoms with Crippen LogP contribution in [0.2, 0.25) is 0 Å². The Bertz CT molecular complexity index is 324. The molecule has 2 N–H and O–H groups in total. The second-order valence-electron chi connectivity index (χ2n) is 3.56. The predicted molar refractivity (Wildman–Crippen MR) is 60.9 cm³/mol. The molecule has 0 aliphatic carbocycles. The highest BCUT2D eigenvalue weighted by atomic mass is 16.5. The van der Waals surface area contributed by atoms with Gasteiger partial charge in [0.15, 0.2) is 0 Å². The summed E-state index contributed by atoms with van der Waals surface area (Å²) in [5.74, 6) is -0.391. The standard InChI is InChI=1S/C12H17NO3/c1-9(14)12(15)13-8-11(16-2)10-6-4-3-5-7-10/h3-7,9,11,14H,8H2,1-2H3,(H,13,15). The van der Waals surface area contributed by atoms with Crippen LogP contribution in [0.25, 0.3) is 0 Å². The van der Waals surface area contributed by atoms with E-state index in [4.69, 9.17) is 9.84 Å². The molecule has 2 unspecified atom stereocenters. The lowest BCUT2D eigenvalue weighted by atomic mass is 10.1. The van der Waals surface area contributed by atoms with Gasteiger partial charge in [0.25, 0.3) is 0 Å². The molecule has 0 radical (unpaired) electrons. The fraction of sp³-hybridized carbons (Fsp3) is 0.417. The molecular formula is C12H17NO3. The number of carbonyl (C=O) groups excluding carboxylic acids is 1. The number of benzene rings is 1. The molecule has 4 nitrogen and oxygen atoms in total. The van der Waals surface area contributed by atoms with Gasteiger partial charge in [0.05, 0.1) is 6.10 Å². The number of rotatable bonds is 5. The SMILES string of the molecule is COC(CNC(=O)C(C)O)c1ccccc1. The fourth-order valence-corrected chi connectivity index (χ4v) is 1.35. The first-order chi connectivity index (χ1) is 7.65. The summed E-state index contributed by atoms with van der Waals surface area (Å²) in [5, 5.41) is 11.6. The van der Waals surface area contributed by atoms with Crippen molar-refractivity contribution in [3.05, 3.63) is 35.9 Å². The maximum atomic E-state index is 11.2. The normalized spacial score (nSPS) is 14.2. The van der Waals surface area contributed by atoms with Gasteiger partial charge in [-0.2, -0.15) is 0 Å². The van der Waals surface area contributed by atoms with Crippen LogP contribution in [0.15, 0.2) is 30.3 Å². The van der Waals surface area contributed by atoms with Crippen molar-refractivity contribution in [3.63, 3.8) is 0 Å². The largest absolute Gasteiger partial charge is 0.384 e. The number of hydrogen-bond acceptors (Lipinski definition) is 3. The highest BCUT2D eigenvalue weighted by Crippen LogP contribution is 2.14. The zero-order chi connectivity index (χ0) is 12.0. The van der Waals surface area contributed by atoms with Crippen molar-refractivity contribution in [1.82, 2.24) is 5.32 Å². The van der Waals surface area contributed by atoms with E-state index < -0.39 is 12.0 Å². The van der Waals surface area contributed by atoms with Gasteiger partial charge in [0.2, 0.25) is 5.91 Å². The number of ether oxygens (including phenoxy) is 1. The average molecular weight is 223 g/mol. The van der Waals surface area contributed by atoms with E-state index in [0.29, 0.717) is 6.54 Å². The van der Waals surface area contributed by atoms with Gasteiger partial charge < -0.3 is 15.2 Å². The van der Waals surface area contributed by atoms with Crippen molar-refractivity contribution in [1.29, 1.82) is 0 Å². The molecule has 1 aromatic rings. The fourth-order valence-electron chi connectivity index (χ4n) is 1.35. The van der Waals surface area contributed by atoms with E-state index in [9.17, 15) is 4.79 Å². The number of aliphatic hydroxyl groups is 1. The molecule has 88 valence electrons. The Kier molecular flexibility index (Phi) is 4.95. The number of hydrogen-bond donors (Lipinski definition) is 2. The van der Waals surface area contributed by atoms with Gasteiger partial charge in [-0.15, -0.1) is 0 Å². The third-order valence-corrected chi connectivity index (χ3v) is 2.30. The summed E-state index contributed by atoms with van der Waals surface area (Å²) < 4.78 is 5.27. The van der Waals surface area contributed by atoms with Crippen LogP contribution in [0, 0.1) is 0 Å². The maximum absolute atomic E-state index is 11.2. The maximum Gasteiger partial charge on any atom is 0.248 e. The third-order valence-electron chi connectivity index (χ3n) is 2.30. The number of nitrogens with one attached hydrogen (secondary N) is 1. The molecule has 0 bridgehead atoms. The minimum Gasteiger partial charge on any atom is -0.384 e. The first kappa shape index (κ1) is 12.7. The minimum atomic E-state index is -0.992. The van der Waals surface area contributed by atoms with Crippen LogP contribution in [0.3, 0.4) is 0 Å². The van der Waals surface area contributed by atoms with Crippen LogP contribution in [-0.2, 0) is 9.53 Å². The monoisotopic (exact) mass is 223 g/mol. The second kappa shape index (κ2) is 6.25. The summed E-state index contributed by atoms with van der Waals surface area (Å²) in [6, 6.07) is 9.62. The van der Waals surface area contributed by atoms with E-state index in [1.54, 1.807) is 7.11 Å². The van der Waals surface area contributed by atoms with E-state index in [0.717, 1.165) is 5.56 Å². The highest BCUT2D eigenvalue weighted by Gasteiger charge is 2.13. The van der Waals surface area contributed by atoms with Gasteiger partial charge in [-0.3, -0.25) is 4.79 Å². The van der Waals surface area contributed by atoms with Crippen molar-refractivity contribution in [2.75, 3.05) is 13.7 Å². The Morgan fingerprint density at radius 2 is 2.06 bits per heavy atom. The molecule has 0 fully saturated rings. The molecule has 0 aromatic heterocycles. The van der Waals surface area contributed by atoms with E-state index in [1.807, 2.05) is 30.3 Å². The molecule has 0 heterocycles. The van der Waals surface area contributed by atoms with Crippen molar-refractivity contribution in [2.45, 2.75) is 19.1 Å². The van der Waals surface area contributed by atoms with Gasteiger partial charge in [-0.05, 0) is 12.5 Å². The summed E-state index contributed by atoms with van der Waals surface area (Å²) >= 11 is 0. The molecule has 16 heavy (non-hydrogen) atoms. The summed E-state index contributed by atoms with van der Waals surface area (Å²) in [6.07, 6.45) is -1.18. The zero-order valence-corrected chi connectivity index (χ0v) is 9.51. The van der Waals surface area contributed by atoms with Crippen LogP contribution in [0.1, 0.15) is 18.6 Å². The third kappa shape index (κ3) is 3.64. The van der Waals surface area contributed by atoms with Gasteiger partial charge in [-0.1, -0.05) is 30.3 Å². The second-order valence-corrected chi connectivity index (χ2v) is 3.56. The first-order valence-electron chi connectivity index (χ1n) is 5.18. The van der Waals surface area contributed by atoms with Crippen molar-refractivity contribution >= 4 is 5.91 Å². The molecule has 1 aromatic carbocycles. The highest BCUT2D eigenvalue weighted by molar-refractivity contribution is 5.79. The Morgan fingerprint density at radius 3 is 2.56 bits per heavy atom. The van der Waals surface area contributed by atoms with Crippen LogP contribution < -0.4 is 5.32 Å². The Balaban J connectivity index is 2.54.